The summed E-state index contributed by atoms with van der Waals surface area (Å²) >= 11 is 0. The fraction of sp³-hybridized carbons (Fsp3) is 0.0667. The molecule has 0 saturated carbocycles. The van der Waals surface area contributed by atoms with Crippen molar-refractivity contribution in [3.05, 3.63) is 59.7 Å². The summed E-state index contributed by atoms with van der Waals surface area (Å²) in [5, 5.41) is 11.7. The second-order valence-corrected chi connectivity index (χ2v) is 4.04. The van der Waals surface area contributed by atoms with Crippen molar-refractivity contribution in [1.82, 2.24) is 0 Å². The van der Waals surface area contributed by atoms with Gasteiger partial charge in [0.1, 0.15) is 5.75 Å². The number of carboxylic acids is 1. The van der Waals surface area contributed by atoms with Crippen LogP contribution >= 0.6 is 0 Å². The Bertz CT molecular complexity index is 638. The van der Waals surface area contributed by atoms with Gasteiger partial charge in [0, 0.05) is 5.56 Å². The minimum absolute atomic E-state index is 0.0198. The molecule has 0 bridgehead atoms. The lowest BCUT2D eigenvalue weighted by atomic mass is 10.1. The third kappa shape index (κ3) is 2.95. The highest BCUT2D eigenvalue weighted by Gasteiger charge is 2.14. The summed E-state index contributed by atoms with van der Waals surface area (Å²) in [6.45, 7) is 0. The van der Waals surface area contributed by atoms with Gasteiger partial charge in [-0.3, -0.25) is 4.79 Å². The number of carbonyl (C=O) groups excluding carboxylic acids is 1. The Kier molecular flexibility index (Phi) is 4.00. The number of ether oxygens (including phenoxy) is 1. The van der Waals surface area contributed by atoms with E-state index in [0.29, 0.717) is 11.3 Å². The van der Waals surface area contributed by atoms with Gasteiger partial charge in [-0.15, -0.1) is 0 Å². The minimum atomic E-state index is -1.13. The molecule has 0 atom stereocenters. The monoisotopic (exact) mass is 271 g/mol. The number of hydrogen-bond donors (Lipinski definition) is 2. The van der Waals surface area contributed by atoms with Crippen LogP contribution in [0.4, 0.5) is 5.69 Å². The van der Waals surface area contributed by atoms with Crippen LogP contribution in [0.1, 0.15) is 20.7 Å². The van der Waals surface area contributed by atoms with Crippen LogP contribution in [0.15, 0.2) is 48.5 Å². The van der Waals surface area contributed by atoms with Gasteiger partial charge in [0.25, 0.3) is 5.91 Å². The third-order valence-corrected chi connectivity index (χ3v) is 2.74. The molecule has 1 amide bonds. The molecule has 2 aromatic carbocycles. The highest BCUT2D eigenvalue weighted by atomic mass is 16.5. The zero-order valence-electron chi connectivity index (χ0n) is 10.8. The van der Waals surface area contributed by atoms with E-state index in [2.05, 4.69) is 5.32 Å². The molecule has 0 spiro atoms. The van der Waals surface area contributed by atoms with Gasteiger partial charge in [-0.25, -0.2) is 4.79 Å². The van der Waals surface area contributed by atoms with Crippen LogP contribution in [0.5, 0.6) is 5.75 Å². The first-order chi connectivity index (χ1) is 9.61. The zero-order valence-corrected chi connectivity index (χ0v) is 10.8. The molecular weight excluding hydrogens is 258 g/mol. The first-order valence-corrected chi connectivity index (χ1v) is 5.89. The molecule has 0 saturated heterocycles. The lowest BCUT2D eigenvalue weighted by Gasteiger charge is -2.10. The molecule has 0 radical (unpaired) electrons. The smallest absolute Gasteiger partial charge is 0.337 e. The van der Waals surface area contributed by atoms with Crippen LogP contribution in [0.2, 0.25) is 0 Å². The molecule has 5 nitrogen and oxygen atoms in total. The van der Waals surface area contributed by atoms with Gasteiger partial charge < -0.3 is 15.2 Å². The Morgan fingerprint density at radius 3 is 2.40 bits per heavy atom. The first-order valence-electron chi connectivity index (χ1n) is 5.89. The number of methoxy groups -OCH3 is 1. The van der Waals surface area contributed by atoms with Crippen molar-refractivity contribution >= 4 is 17.6 Å². The number of rotatable bonds is 4. The topological polar surface area (TPSA) is 75.6 Å². The van der Waals surface area contributed by atoms with Gasteiger partial charge in [-0.2, -0.15) is 0 Å². The zero-order chi connectivity index (χ0) is 14.5. The summed E-state index contributed by atoms with van der Waals surface area (Å²) in [6, 6.07) is 13.0. The molecule has 2 rings (SSSR count). The fourth-order valence-corrected chi connectivity index (χ4v) is 1.72. The summed E-state index contributed by atoms with van der Waals surface area (Å²) in [6.07, 6.45) is 0. The molecule has 0 fully saturated rings. The Labute approximate surface area is 115 Å². The Balaban J connectivity index is 2.29. The Morgan fingerprint density at radius 2 is 1.80 bits per heavy atom. The van der Waals surface area contributed by atoms with E-state index in [0.717, 1.165) is 0 Å². The van der Waals surface area contributed by atoms with E-state index in [4.69, 9.17) is 9.84 Å². The number of anilines is 1. The number of carbonyl (C=O) groups is 2. The van der Waals surface area contributed by atoms with Crippen molar-refractivity contribution < 1.29 is 19.4 Å². The molecule has 20 heavy (non-hydrogen) atoms. The Morgan fingerprint density at radius 1 is 1.10 bits per heavy atom. The lowest BCUT2D eigenvalue weighted by Crippen LogP contribution is -2.14. The molecule has 2 N–H and O–H groups in total. The van der Waals surface area contributed by atoms with Crippen molar-refractivity contribution in [2.75, 3.05) is 12.4 Å². The number of hydrogen-bond acceptors (Lipinski definition) is 3. The van der Waals surface area contributed by atoms with E-state index >= 15 is 0 Å². The van der Waals surface area contributed by atoms with Crippen LogP contribution in [0.25, 0.3) is 0 Å². The van der Waals surface area contributed by atoms with E-state index in [9.17, 15) is 9.59 Å². The predicted molar refractivity (Wildman–Crippen MR) is 74.3 cm³/mol. The largest absolute Gasteiger partial charge is 0.497 e. The van der Waals surface area contributed by atoms with Crippen molar-refractivity contribution in [3.63, 3.8) is 0 Å². The average Bonchev–Trinajstić information content (AvgIpc) is 2.48. The molecule has 0 aromatic heterocycles. The normalized spacial score (nSPS) is 9.85. The summed E-state index contributed by atoms with van der Waals surface area (Å²) in [5.74, 6) is -1.08. The van der Waals surface area contributed by atoms with E-state index in [1.165, 1.54) is 19.2 Å². The summed E-state index contributed by atoms with van der Waals surface area (Å²) < 4.78 is 4.97. The minimum Gasteiger partial charge on any atom is -0.497 e. The first kappa shape index (κ1) is 13.6. The van der Waals surface area contributed by atoms with Gasteiger partial charge in [-0.1, -0.05) is 18.2 Å². The van der Waals surface area contributed by atoms with Crippen molar-refractivity contribution in [1.29, 1.82) is 0 Å². The summed E-state index contributed by atoms with van der Waals surface area (Å²) in [4.78, 5) is 23.2. The van der Waals surface area contributed by atoms with Gasteiger partial charge in [0.2, 0.25) is 0 Å². The second-order valence-electron chi connectivity index (χ2n) is 4.04. The number of aromatic carboxylic acids is 1. The molecule has 0 aliphatic carbocycles. The maximum Gasteiger partial charge on any atom is 0.337 e. The molecule has 0 heterocycles. The predicted octanol–water partition coefficient (Wildman–Crippen LogP) is 2.65. The number of benzene rings is 2. The van der Waals surface area contributed by atoms with Gasteiger partial charge >= 0.3 is 5.97 Å². The van der Waals surface area contributed by atoms with E-state index in [1.807, 2.05) is 0 Å². The standard InChI is InChI=1S/C15H13NO4/c1-20-11-7-8-13(12(9-11)15(18)19)16-14(17)10-5-3-2-4-6-10/h2-9H,1H3,(H,16,17)(H,18,19). The maximum absolute atomic E-state index is 12.0. The van der Waals surface area contributed by atoms with E-state index in [-0.39, 0.29) is 17.2 Å². The van der Waals surface area contributed by atoms with Crippen LogP contribution in [-0.2, 0) is 0 Å². The summed E-state index contributed by atoms with van der Waals surface area (Å²) in [7, 11) is 1.45. The van der Waals surface area contributed by atoms with Crippen LogP contribution in [0, 0.1) is 0 Å². The molecular formula is C15H13NO4. The highest BCUT2D eigenvalue weighted by molar-refractivity contribution is 6.07. The van der Waals surface area contributed by atoms with Gasteiger partial charge in [0.05, 0.1) is 18.4 Å². The number of nitrogens with one attached hydrogen (secondary N) is 1. The van der Waals surface area contributed by atoms with Gasteiger partial charge in [0.15, 0.2) is 0 Å². The molecule has 5 heteroatoms. The molecule has 0 unspecified atom stereocenters. The van der Waals surface area contributed by atoms with E-state index < -0.39 is 5.97 Å². The highest BCUT2D eigenvalue weighted by Crippen LogP contribution is 2.22. The quantitative estimate of drug-likeness (QED) is 0.896. The lowest BCUT2D eigenvalue weighted by molar-refractivity contribution is 0.0697. The molecule has 2 aromatic rings. The fourth-order valence-electron chi connectivity index (χ4n) is 1.72. The van der Waals surface area contributed by atoms with Crippen LogP contribution in [0.3, 0.4) is 0 Å². The van der Waals surface area contributed by atoms with Crippen molar-refractivity contribution in [2.45, 2.75) is 0 Å². The van der Waals surface area contributed by atoms with Crippen LogP contribution < -0.4 is 10.1 Å². The van der Waals surface area contributed by atoms with Crippen molar-refractivity contribution in [2.24, 2.45) is 0 Å². The third-order valence-electron chi connectivity index (χ3n) is 2.74. The van der Waals surface area contributed by atoms with Gasteiger partial charge in [-0.05, 0) is 30.3 Å². The second kappa shape index (κ2) is 5.88. The molecule has 0 aliphatic rings. The van der Waals surface area contributed by atoms with Crippen LogP contribution in [-0.4, -0.2) is 24.1 Å². The van der Waals surface area contributed by atoms with E-state index in [1.54, 1.807) is 36.4 Å². The van der Waals surface area contributed by atoms with Crippen molar-refractivity contribution in [3.8, 4) is 5.75 Å². The molecule has 0 aliphatic heterocycles. The Hall–Kier alpha value is -2.82. The summed E-state index contributed by atoms with van der Waals surface area (Å²) in [5.41, 5.74) is 0.667. The number of amides is 1. The molecule has 102 valence electrons. The number of carboxylic acid groups (broad SMARTS) is 1. The average molecular weight is 271 g/mol. The maximum atomic E-state index is 12.0. The SMILES string of the molecule is COc1ccc(NC(=O)c2ccccc2)c(C(=O)O)c1.